The second-order valence-electron chi connectivity index (χ2n) is 6.01. The highest BCUT2D eigenvalue weighted by Gasteiger charge is 2.21. The van der Waals surface area contributed by atoms with E-state index in [4.69, 9.17) is 11.6 Å². The van der Waals surface area contributed by atoms with Crippen LogP contribution in [0.1, 0.15) is 0 Å². The van der Waals surface area contributed by atoms with Gasteiger partial charge in [0.2, 0.25) is 0 Å². The molecule has 0 amide bonds. The molecular weight excluding hydrogens is 364 g/mol. The lowest BCUT2D eigenvalue weighted by Crippen LogP contribution is -2.47. The summed E-state index contributed by atoms with van der Waals surface area (Å²) in [5.74, 6) is 0. The number of hydrogen-bond acceptors (Lipinski definition) is 6. The van der Waals surface area contributed by atoms with E-state index in [9.17, 15) is 13.2 Å². The Morgan fingerprint density at radius 3 is 2.16 bits per heavy atom. The highest BCUT2D eigenvalue weighted by molar-refractivity contribution is 7.90. The number of halogens is 1. The van der Waals surface area contributed by atoms with Crippen LogP contribution in [-0.2, 0) is 16.9 Å². The summed E-state index contributed by atoms with van der Waals surface area (Å²) in [5.41, 5.74) is 1.31. The van der Waals surface area contributed by atoms with Crippen molar-refractivity contribution in [2.45, 2.75) is 4.90 Å². The zero-order chi connectivity index (χ0) is 18.2. The van der Waals surface area contributed by atoms with Gasteiger partial charge in [0.05, 0.1) is 16.8 Å². The quantitative estimate of drug-likeness (QED) is 0.793. The summed E-state index contributed by atoms with van der Waals surface area (Å²) in [5, 5.41) is 4.22. The fraction of sp³-hybridized carbons (Fsp3) is 0.375. The number of anilines is 2. The highest BCUT2D eigenvalue weighted by Crippen LogP contribution is 2.24. The van der Waals surface area contributed by atoms with Gasteiger partial charge in [-0.3, -0.25) is 4.79 Å². The first-order valence-corrected chi connectivity index (χ1v) is 10.1. The summed E-state index contributed by atoms with van der Waals surface area (Å²) in [6.07, 6.45) is 2.81. The number of hydrogen-bond donors (Lipinski definition) is 0. The molecule has 1 saturated heterocycles. The molecule has 2 aromatic rings. The van der Waals surface area contributed by atoms with Gasteiger partial charge in [-0.15, -0.1) is 0 Å². The van der Waals surface area contributed by atoms with Gasteiger partial charge in [-0.25, -0.2) is 13.1 Å². The van der Waals surface area contributed by atoms with Crippen molar-refractivity contribution < 1.29 is 8.42 Å². The standard InChI is InChI=1S/C16H19ClN4O3S/c1-19-16(22)15(17)14(11-18-19)21-9-7-20(8-10-21)12-3-5-13(6-4-12)25(2,23)24/h3-6,11H,7-10H2,1-2H3. The van der Waals surface area contributed by atoms with Gasteiger partial charge >= 0.3 is 0 Å². The van der Waals surface area contributed by atoms with Gasteiger partial charge in [0.15, 0.2) is 9.84 Å². The van der Waals surface area contributed by atoms with Crippen molar-refractivity contribution in [3.63, 3.8) is 0 Å². The van der Waals surface area contributed by atoms with Crippen molar-refractivity contribution >= 4 is 32.8 Å². The van der Waals surface area contributed by atoms with E-state index in [2.05, 4.69) is 10.00 Å². The lowest BCUT2D eigenvalue weighted by molar-refractivity contribution is 0.602. The summed E-state index contributed by atoms with van der Waals surface area (Å²) in [7, 11) is -1.62. The minimum absolute atomic E-state index is 0.184. The molecule has 25 heavy (non-hydrogen) atoms. The molecule has 0 bridgehead atoms. The Labute approximate surface area is 151 Å². The lowest BCUT2D eigenvalue weighted by atomic mass is 10.2. The van der Waals surface area contributed by atoms with E-state index in [1.54, 1.807) is 25.4 Å². The number of sulfone groups is 1. The highest BCUT2D eigenvalue weighted by atomic mass is 35.5. The largest absolute Gasteiger partial charge is 0.368 e. The van der Waals surface area contributed by atoms with Gasteiger partial charge in [0.1, 0.15) is 5.02 Å². The number of benzene rings is 1. The van der Waals surface area contributed by atoms with E-state index in [-0.39, 0.29) is 10.6 Å². The van der Waals surface area contributed by atoms with Crippen LogP contribution in [0.4, 0.5) is 11.4 Å². The van der Waals surface area contributed by atoms with Crippen LogP contribution < -0.4 is 15.4 Å². The second-order valence-corrected chi connectivity index (χ2v) is 8.41. The van der Waals surface area contributed by atoms with Crippen molar-refractivity contribution in [2.24, 2.45) is 7.05 Å². The van der Waals surface area contributed by atoms with E-state index < -0.39 is 9.84 Å². The Hall–Kier alpha value is -2.06. The first kappa shape index (κ1) is 17.8. The third-order valence-electron chi connectivity index (χ3n) is 4.31. The SMILES string of the molecule is Cn1ncc(N2CCN(c3ccc(S(C)(=O)=O)cc3)CC2)c(Cl)c1=O. The van der Waals surface area contributed by atoms with Crippen LogP contribution in [0, 0.1) is 0 Å². The Morgan fingerprint density at radius 1 is 1.04 bits per heavy atom. The molecule has 1 fully saturated rings. The van der Waals surface area contributed by atoms with E-state index in [0.29, 0.717) is 23.7 Å². The maximum absolute atomic E-state index is 11.9. The molecule has 0 aliphatic carbocycles. The molecule has 1 aromatic heterocycles. The molecule has 0 radical (unpaired) electrons. The molecule has 9 heteroatoms. The van der Waals surface area contributed by atoms with Crippen LogP contribution in [0.15, 0.2) is 40.2 Å². The summed E-state index contributed by atoms with van der Waals surface area (Å²) in [4.78, 5) is 16.4. The van der Waals surface area contributed by atoms with E-state index in [0.717, 1.165) is 18.8 Å². The molecule has 0 N–H and O–H groups in total. The van der Waals surface area contributed by atoms with Gasteiger partial charge in [-0.05, 0) is 24.3 Å². The average Bonchev–Trinajstić information content (AvgIpc) is 2.59. The van der Waals surface area contributed by atoms with Gasteiger partial charge in [0.25, 0.3) is 5.56 Å². The smallest absolute Gasteiger partial charge is 0.287 e. The summed E-state index contributed by atoms with van der Waals surface area (Å²) < 4.78 is 24.3. The summed E-state index contributed by atoms with van der Waals surface area (Å²) in [6, 6.07) is 6.88. The molecule has 2 heterocycles. The van der Waals surface area contributed by atoms with Crippen molar-refractivity contribution in [3.8, 4) is 0 Å². The topological polar surface area (TPSA) is 75.5 Å². The molecule has 0 unspecified atom stereocenters. The molecule has 0 spiro atoms. The molecule has 7 nitrogen and oxygen atoms in total. The first-order chi connectivity index (χ1) is 11.8. The van der Waals surface area contributed by atoms with Gasteiger partial charge < -0.3 is 9.80 Å². The normalized spacial score (nSPS) is 15.5. The minimum atomic E-state index is -3.19. The van der Waals surface area contributed by atoms with Gasteiger partial charge in [-0.1, -0.05) is 11.6 Å². The third-order valence-corrected chi connectivity index (χ3v) is 5.79. The molecule has 0 atom stereocenters. The Kier molecular flexibility index (Phi) is 4.75. The maximum atomic E-state index is 11.9. The predicted octanol–water partition coefficient (Wildman–Crippen LogP) is 1.16. The van der Waals surface area contributed by atoms with Crippen LogP contribution in [-0.4, -0.2) is 50.6 Å². The second kappa shape index (κ2) is 6.68. The number of aryl methyl sites for hydroxylation is 1. The molecule has 1 aliphatic rings. The van der Waals surface area contributed by atoms with Gasteiger partial charge in [-0.2, -0.15) is 5.10 Å². The molecule has 1 aromatic carbocycles. The monoisotopic (exact) mass is 382 g/mol. The van der Waals surface area contributed by atoms with Gasteiger partial charge in [0, 0.05) is 45.2 Å². The number of piperazine rings is 1. The number of aromatic nitrogens is 2. The summed E-state index contributed by atoms with van der Waals surface area (Å²) >= 11 is 6.16. The first-order valence-electron chi connectivity index (χ1n) is 7.79. The molecule has 0 saturated carbocycles. The van der Waals surface area contributed by atoms with Crippen LogP contribution >= 0.6 is 11.6 Å². The van der Waals surface area contributed by atoms with Crippen molar-refractivity contribution in [3.05, 3.63) is 45.8 Å². The molecular formula is C16H19ClN4O3S. The van der Waals surface area contributed by atoms with Crippen molar-refractivity contribution in [1.29, 1.82) is 0 Å². The van der Waals surface area contributed by atoms with E-state index in [1.165, 1.54) is 10.9 Å². The fourth-order valence-corrected chi connectivity index (χ4v) is 3.75. The third kappa shape index (κ3) is 3.64. The van der Waals surface area contributed by atoms with Crippen molar-refractivity contribution in [2.75, 3.05) is 42.2 Å². The van der Waals surface area contributed by atoms with Crippen LogP contribution in [0.25, 0.3) is 0 Å². The predicted molar refractivity (Wildman–Crippen MR) is 98.5 cm³/mol. The average molecular weight is 383 g/mol. The minimum Gasteiger partial charge on any atom is -0.368 e. The van der Waals surface area contributed by atoms with Crippen LogP contribution in [0.5, 0.6) is 0 Å². The maximum Gasteiger partial charge on any atom is 0.287 e. The van der Waals surface area contributed by atoms with Crippen LogP contribution in [0.2, 0.25) is 5.02 Å². The number of nitrogens with zero attached hydrogens (tertiary/aromatic N) is 4. The Morgan fingerprint density at radius 2 is 1.60 bits per heavy atom. The van der Waals surface area contributed by atoms with Crippen molar-refractivity contribution in [1.82, 2.24) is 9.78 Å². The van der Waals surface area contributed by atoms with Crippen LogP contribution in [0.3, 0.4) is 0 Å². The Bertz CT molecular complexity index is 933. The fourth-order valence-electron chi connectivity index (χ4n) is 2.83. The molecule has 3 rings (SSSR count). The molecule has 134 valence electrons. The van der Waals surface area contributed by atoms with E-state index >= 15 is 0 Å². The Balaban J connectivity index is 1.72. The lowest BCUT2D eigenvalue weighted by Gasteiger charge is -2.37. The van der Waals surface area contributed by atoms with E-state index in [1.807, 2.05) is 17.0 Å². The molecule has 1 aliphatic heterocycles. The zero-order valence-corrected chi connectivity index (χ0v) is 15.6. The number of rotatable bonds is 3. The zero-order valence-electron chi connectivity index (χ0n) is 14.0. The summed E-state index contributed by atoms with van der Waals surface area (Å²) in [6.45, 7) is 2.87.